The van der Waals surface area contributed by atoms with E-state index in [0.29, 0.717) is 5.52 Å². The van der Waals surface area contributed by atoms with Gasteiger partial charge in [-0.25, -0.2) is 9.37 Å². The maximum Gasteiger partial charge on any atom is 0.149 e. The zero-order valence-corrected chi connectivity index (χ0v) is 9.76. The molecule has 0 aliphatic rings. The average molecular weight is 218 g/mol. The summed E-state index contributed by atoms with van der Waals surface area (Å²) in [5.74, 6) is -0.257. The van der Waals surface area contributed by atoms with Gasteiger partial charge in [0.1, 0.15) is 11.3 Å². The summed E-state index contributed by atoms with van der Waals surface area (Å²) in [4.78, 5) is 4.35. The van der Waals surface area contributed by atoms with Crippen molar-refractivity contribution in [2.45, 2.75) is 20.3 Å². The first kappa shape index (κ1) is 10.9. The van der Waals surface area contributed by atoms with Gasteiger partial charge in [-0.1, -0.05) is 13.0 Å². The van der Waals surface area contributed by atoms with Gasteiger partial charge in [-0.15, -0.1) is 0 Å². The van der Waals surface area contributed by atoms with E-state index >= 15 is 0 Å². The van der Waals surface area contributed by atoms with E-state index in [1.54, 1.807) is 6.07 Å². The first-order valence-electron chi connectivity index (χ1n) is 5.43. The summed E-state index contributed by atoms with van der Waals surface area (Å²) in [5.41, 5.74) is 3.35. The fourth-order valence-corrected chi connectivity index (χ4v) is 1.91. The number of aromatic nitrogens is 1. The Balaban J connectivity index is 2.88. The summed E-state index contributed by atoms with van der Waals surface area (Å²) in [5, 5.41) is 3.98. The molecule has 0 aliphatic heterocycles. The Morgan fingerprint density at radius 3 is 2.75 bits per heavy atom. The lowest BCUT2D eigenvalue weighted by Crippen LogP contribution is -1.98. The van der Waals surface area contributed by atoms with Crippen LogP contribution in [0.4, 0.5) is 10.1 Å². The van der Waals surface area contributed by atoms with Crippen molar-refractivity contribution in [3.63, 3.8) is 0 Å². The lowest BCUT2D eigenvalue weighted by atomic mass is 10.1. The fourth-order valence-electron chi connectivity index (χ4n) is 1.91. The Bertz CT molecular complexity index is 535. The van der Waals surface area contributed by atoms with Crippen molar-refractivity contribution in [3.05, 3.63) is 35.3 Å². The van der Waals surface area contributed by atoms with Gasteiger partial charge in [0, 0.05) is 23.8 Å². The molecule has 16 heavy (non-hydrogen) atoms. The minimum Gasteiger partial charge on any atom is -0.388 e. The summed E-state index contributed by atoms with van der Waals surface area (Å²) >= 11 is 0. The van der Waals surface area contributed by atoms with Crippen molar-refractivity contribution >= 4 is 16.6 Å². The van der Waals surface area contributed by atoms with Crippen LogP contribution in [0.25, 0.3) is 10.9 Å². The van der Waals surface area contributed by atoms with E-state index in [9.17, 15) is 4.39 Å². The molecule has 0 unspecified atom stereocenters. The summed E-state index contributed by atoms with van der Waals surface area (Å²) in [6.45, 7) is 3.98. The highest BCUT2D eigenvalue weighted by molar-refractivity contribution is 5.94. The highest BCUT2D eigenvalue weighted by atomic mass is 19.1. The van der Waals surface area contributed by atoms with E-state index in [4.69, 9.17) is 0 Å². The zero-order valence-electron chi connectivity index (χ0n) is 9.76. The van der Waals surface area contributed by atoms with Crippen LogP contribution in [0.3, 0.4) is 0 Å². The second kappa shape index (κ2) is 4.08. The quantitative estimate of drug-likeness (QED) is 0.836. The molecule has 0 amide bonds. The largest absolute Gasteiger partial charge is 0.388 e. The Labute approximate surface area is 94.5 Å². The summed E-state index contributed by atoms with van der Waals surface area (Å²) in [7, 11) is 1.85. The van der Waals surface area contributed by atoms with Crippen LogP contribution in [0.15, 0.2) is 18.2 Å². The minimum absolute atomic E-state index is 0.257. The molecule has 2 nitrogen and oxygen atoms in total. The Kier molecular flexibility index (Phi) is 2.77. The maximum atomic E-state index is 13.7. The molecule has 1 heterocycles. The SMILES string of the molecule is CCc1cc(NC)c2c(C)ccc(F)c2n1. The molecule has 0 spiro atoms. The van der Waals surface area contributed by atoms with Gasteiger partial charge in [-0.05, 0) is 31.0 Å². The van der Waals surface area contributed by atoms with Gasteiger partial charge < -0.3 is 5.32 Å². The summed E-state index contributed by atoms with van der Waals surface area (Å²) in [6.07, 6.45) is 0.804. The third-order valence-corrected chi connectivity index (χ3v) is 2.80. The Hall–Kier alpha value is -1.64. The van der Waals surface area contributed by atoms with Crippen molar-refractivity contribution in [1.29, 1.82) is 0 Å². The molecule has 2 aromatic rings. The number of nitrogens with zero attached hydrogens (tertiary/aromatic N) is 1. The average Bonchev–Trinajstić information content (AvgIpc) is 2.32. The van der Waals surface area contributed by atoms with Crippen LogP contribution in [-0.4, -0.2) is 12.0 Å². The molecule has 3 heteroatoms. The molecular formula is C13H15FN2. The van der Waals surface area contributed by atoms with E-state index in [1.165, 1.54) is 6.07 Å². The molecule has 2 rings (SSSR count). The molecule has 0 saturated carbocycles. The normalized spacial score (nSPS) is 10.8. The first-order chi connectivity index (χ1) is 7.67. The van der Waals surface area contributed by atoms with Gasteiger partial charge in [0.25, 0.3) is 0 Å². The highest BCUT2D eigenvalue weighted by Crippen LogP contribution is 2.28. The molecule has 0 saturated heterocycles. The number of pyridine rings is 1. The predicted octanol–water partition coefficient (Wildman–Crippen LogP) is 3.29. The molecular weight excluding hydrogens is 203 g/mol. The van der Waals surface area contributed by atoms with Crippen molar-refractivity contribution in [3.8, 4) is 0 Å². The number of anilines is 1. The van der Waals surface area contributed by atoms with Crippen LogP contribution < -0.4 is 5.32 Å². The molecule has 0 fully saturated rings. The molecule has 1 aromatic heterocycles. The standard InChI is InChI=1S/C13H15FN2/c1-4-9-7-11(15-3)12-8(2)5-6-10(14)13(12)16-9/h5-7H,4H2,1-3H3,(H,15,16). The van der Waals surface area contributed by atoms with E-state index in [2.05, 4.69) is 10.3 Å². The topological polar surface area (TPSA) is 24.9 Å². The lowest BCUT2D eigenvalue weighted by molar-refractivity contribution is 0.636. The Morgan fingerprint density at radius 2 is 2.12 bits per heavy atom. The lowest BCUT2D eigenvalue weighted by Gasteiger charge is -2.11. The Morgan fingerprint density at radius 1 is 1.38 bits per heavy atom. The maximum absolute atomic E-state index is 13.7. The number of nitrogens with one attached hydrogen (secondary N) is 1. The molecule has 0 radical (unpaired) electrons. The van der Waals surface area contributed by atoms with Crippen molar-refractivity contribution in [2.75, 3.05) is 12.4 Å². The number of rotatable bonds is 2. The van der Waals surface area contributed by atoms with Gasteiger partial charge in [0.15, 0.2) is 0 Å². The predicted molar refractivity (Wildman–Crippen MR) is 65.4 cm³/mol. The van der Waals surface area contributed by atoms with Crippen LogP contribution in [0.2, 0.25) is 0 Å². The number of hydrogen-bond acceptors (Lipinski definition) is 2. The van der Waals surface area contributed by atoms with E-state index in [-0.39, 0.29) is 5.82 Å². The molecule has 0 aliphatic carbocycles. The third kappa shape index (κ3) is 1.62. The van der Waals surface area contributed by atoms with Crippen LogP contribution in [0, 0.1) is 12.7 Å². The first-order valence-corrected chi connectivity index (χ1v) is 5.43. The minimum atomic E-state index is -0.257. The van der Waals surface area contributed by atoms with Gasteiger partial charge >= 0.3 is 0 Å². The van der Waals surface area contributed by atoms with Crippen LogP contribution in [0.1, 0.15) is 18.2 Å². The molecule has 1 aromatic carbocycles. The van der Waals surface area contributed by atoms with Gasteiger partial charge in [0.05, 0.1) is 0 Å². The number of hydrogen-bond donors (Lipinski definition) is 1. The third-order valence-electron chi connectivity index (χ3n) is 2.80. The monoisotopic (exact) mass is 218 g/mol. The van der Waals surface area contributed by atoms with E-state index in [0.717, 1.165) is 28.8 Å². The molecule has 84 valence electrons. The smallest absolute Gasteiger partial charge is 0.149 e. The van der Waals surface area contributed by atoms with Gasteiger partial charge in [0.2, 0.25) is 0 Å². The van der Waals surface area contributed by atoms with Crippen molar-refractivity contribution in [2.24, 2.45) is 0 Å². The van der Waals surface area contributed by atoms with E-state index < -0.39 is 0 Å². The molecule has 1 N–H and O–H groups in total. The van der Waals surface area contributed by atoms with Crippen LogP contribution in [-0.2, 0) is 6.42 Å². The van der Waals surface area contributed by atoms with Crippen LogP contribution in [0.5, 0.6) is 0 Å². The number of aryl methyl sites for hydroxylation is 2. The number of halogens is 1. The van der Waals surface area contributed by atoms with Gasteiger partial charge in [-0.3, -0.25) is 0 Å². The van der Waals surface area contributed by atoms with Crippen LogP contribution >= 0.6 is 0 Å². The van der Waals surface area contributed by atoms with E-state index in [1.807, 2.05) is 27.0 Å². The second-order valence-corrected chi connectivity index (χ2v) is 3.85. The summed E-state index contributed by atoms with van der Waals surface area (Å²) < 4.78 is 13.7. The van der Waals surface area contributed by atoms with Gasteiger partial charge in [-0.2, -0.15) is 0 Å². The number of fused-ring (bicyclic) bond motifs is 1. The second-order valence-electron chi connectivity index (χ2n) is 3.85. The van der Waals surface area contributed by atoms with Crippen molar-refractivity contribution < 1.29 is 4.39 Å². The summed E-state index contributed by atoms with van der Waals surface area (Å²) in [6, 6.07) is 5.24. The molecule has 0 bridgehead atoms. The highest BCUT2D eigenvalue weighted by Gasteiger charge is 2.10. The number of benzene rings is 1. The zero-order chi connectivity index (χ0) is 11.7. The van der Waals surface area contributed by atoms with Crippen molar-refractivity contribution in [1.82, 2.24) is 4.98 Å². The molecule has 0 atom stereocenters. The fraction of sp³-hybridized carbons (Fsp3) is 0.308.